The quantitative estimate of drug-likeness (QED) is 0.794. The largest absolute Gasteiger partial charge is 0.496 e. The third kappa shape index (κ3) is 3.78. The Morgan fingerprint density at radius 1 is 1.19 bits per heavy atom. The number of hydrogen-bond acceptors (Lipinski definition) is 4. The zero-order chi connectivity index (χ0) is 15.2. The Labute approximate surface area is 123 Å². The van der Waals surface area contributed by atoms with Gasteiger partial charge >= 0.3 is 0 Å². The second-order valence-electron chi connectivity index (χ2n) is 4.46. The number of pyridine rings is 1. The Hall–Kier alpha value is -2.43. The first-order valence-corrected chi connectivity index (χ1v) is 6.48. The second kappa shape index (κ2) is 6.83. The SMILES string of the molecule is COc1cccc(OC)c1CN=Cc1cc(F)cc(C)n1. The van der Waals surface area contributed by atoms with Crippen LogP contribution >= 0.6 is 0 Å². The Kier molecular flexibility index (Phi) is 4.87. The van der Waals surface area contributed by atoms with Crippen molar-refractivity contribution in [1.29, 1.82) is 0 Å². The number of methoxy groups -OCH3 is 2. The maximum atomic E-state index is 13.3. The van der Waals surface area contributed by atoms with Crippen molar-refractivity contribution in [3.63, 3.8) is 0 Å². The summed E-state index contributed by atoms with van der Waals surface area (Å²) in [5, 5.41) is 0. The zero-order valence-electron chi connectivity index (χ0n) is 12.3. The van der Waals surface area contributed by atoms with Gasteiger partial charge in [0.15, 0.2) is 0 Å². The summed E-state index contributed by atoms with van der Waals surface area (Å²) in [6.45, 7) is 2.11. The molecule has 4 nitrogen and oxygen atoms in total. The average molecular weight is 288 g/mol. The molecule has 0 atom stereocenters. The normalized spacial score (nSPS) is 10.9. The number of nitrogens with zero attached hydrogens (tertiary/aromatic N) is 2. The molecular weight excluding hydrogens is 271 g/mol. The molecule has 0 bridgehead atoms. The van der Waals surface area contributed by atoms with Crippen LogP contribution in [-0.2, 0) is 6.54 Å². The van der Waals surface area contributed by atoms with Crippen molar-refractivity contribution in [3.05, 3.63) is 53.1 Å². The fraction of sp³-hybridized carbons (Fsp3) is 0.250. The van der Waals surface area contributed by atoms with E-state index in [2.05, 4.69) is 9.98 Å². The summed E-state index contributed by atoms with van der Waals surface area (Å²) in [6.07, 6.45) is 1.54. The number of rotatable bonds is 5. The van der Waals surface area contributed by atoms with Gasteiger partial charge in [-0.2, -0.15) is 0 Å². The average Bonchev–Trinajstić information content (AvgIpc) is 2.46. The van der Waals surface area contributed by atoms with Gasteiger partial charge in [-0.1, -0.05) is 6.07 Å². The van der Waals surface area contributed by atoms with Crippen LogP contribution in [0.5, 0.6) is 11.5 Å². The first kappa shape index (κ1) is 15.0. The molecular formula is C16H17FN2O2. The monoisotopic (exact) mass is 288 g/mol. The van der Waals surface area contributed by atoms with Crippen molar-refractivity contribution in [2.45, 2.75) is 13.5 Å². The van der Waals surface area contributed by atoms with Crippen LogP contribution in [0.2, 0.25) is 0 Å². The molecule has 2 rings (SSSR count). The van der Waals surface area contributed by atoms with Gasteiger partial charge in [-0.25, -0.2) is 4.39 Å². The molecule has 0 fully saturated rings. The molecule has 110 valence electrons. The number of ether oxygens (including phenoxy) is 2. The smallest absolute Gasteiger partial charge is 0.127 e. The highest BCUT2D eigenvalue weighted by molar-refractivity contribution is 5.77. The van der Waals surface area contributed by atoms with Crippen molar-refractivity contribution in [1.82, 2.24) is 4.98 Å². The Balaban J connectivity index is 2.21. The molecule has 1 heterocycles. The van der Waals surface area contributed by atoms with Gasteiger partial charge in [0.25, 0.3) is 0 Å². The lowest BCUT2D eigenvalue weighted by Crippen LogP contribution is -1.97. The van der Waals surface area contributed by atoms with Crippen LogP contribution in [0.15, 0.2) is 35.3 Å². The van der Waals surface area contributed by atoms with E-state index in [1.807, 2.05) is 18.2 Å². The fourth-order valence-electron chi connectivity index (χ4n) is 2.03. The number of aromatic nitrogens is 1. The van der Waals surface area contributed by atoms with Crippen molar-refractivity contribution in [2.75, 3.05) is 14.2 Å². The lowest BCUT2D eigenvalue weighted by Gasteiger charge is -2.10. The highest BCUT2D eigenvalue weighted by atomic mass is 19.1. The van der Waals surface area contributed by atoms with Crippen molar-refractivity contribution in [2.24, 2.45) is 4.99 Å². The van der Waals surface area contributed by atoms with Gasteiger partial charge in [0.1, 0.15) is 17.3 Å². The predicted octanol–water partition coefficient (Wildman–Crippen LogP) is 3.17. The van der Waals surface area contributed by atoms with Crippen LogP contribution in [0.3, 0.4) is 0 Å². The van der Waals surface area contributed by atoms with Crippen LogP contribution < -0.4 is 9.47 Å². The van der Waals surface area contributed by atoms with Gasteiger partial charge in [0.2, 0.25) is 0 Å². The summed E-state index contributed by atoms with van der Waals surface area (Å²) in [7, 11) is 3.19. The topological polar surface area (TPSA) is 43.7 Å². The van der Waals surface area contributed by atoms with E-state index in [-0.39, 0.29) is 5.82 Å². The Bertz CT molecular complexity index is 614. The molecule has 1 aromatic heterocycles. The molecule has 0 unspecified atom stereocenters. The molecule has 2 aromatic rings. The molecule has 0 spiro atoms. The van der Waals surface area contributed by atoms with Crippen LogP contribution in [-0.4, -0.2) is 25.4 Å². The van der Waals surface area contributed by atoms with Gasteiger partial charge in [-0.15, -0.1) is 0 Å². The lowest BCUT2D eigenvalue weighted by atomic mass is 10.2. The fourth-order valence-corrected chi connectivity index (χ4v) is 2.03. The number of aliphatic imine (C=N–C) groups is 1. The van der Waals surface area contributed by atoms with Crippen LogP contribution in [0, 0.1) is 12.7 Å². The first-order chi connectivity index (χ1) is 10.1. The molecule has 0 radical (unpaired) electrons. The summed E-state index contributed by atoms with van der Waals surface area (Å²) in [6, 6.07) is 8.26. The Morgan fingerprint density at radius 3 is 2.43 bits per heavy atom. The lowest BCUT2D eigenvalue weighted by molar-refractivity contribution is 0.386. The van der Waals surface area contributed by atoms with Gasteiger partial charge in [0.05, 0.1) is 32.0 Å². The molecule has 0 aliphatic rings. The minimum Gasteiger partial charge on any atom is -0.496 e. The van der Waals surface area contributed by atoms with Crippen LogP contribution in [0.25, 0.3) is 0 Å². The number of hydrogen-bond donors (Lipinski definition) is 0. The van der Waals surface area contributed by atoms with E-state index in [0.717, 1.165) is 5.56 Å². The van der Waals surface area contributed by atoms with E-state index in [0.29, 0.717) is 29.4 Å². The van der Waals surface area contributed by atoms with E-state index < -0.39 is 0 Å². The van der Waals surface area contributed by atoms with Crippen LogP contribution in [0.1, 0.15) is 17.0 Å². The van der Waals surface area contributed by atoms with E-state index in [1.54, 1.807) is 27.4 Å². The standard InChI is InChI=1S/C16H17FN2O2/c1-11-7-12(17)8-13(19-11)9-18-10-14-15(20-2)5-4-6-16(14)21-3/h4-9H,10H2,1-3H3. The molecule has 0 saturated heterocycles. The van der Waals surface area contributed by atoms with E-state index in [9.17, 15) is 4.39 Å². The van der Waals surface area contributed by atoms with Gasteiger partial charge < -0.3 is 9.47 Å². The molecule has 0 N–H and O–H groups in total. The maximum absolute atomic E-state index is 13.3. The first-order valence-electron chi connectivity index (χ1n) is 6.48. The molecule has 0 amide bonds. The number of halogens is 1. The summed E-state index contributed by atoms with van der Waals surface area (Å²) in [5.41, 5.74) is 1.94. The summed E-state index contributed by atoms with van der Waals surface area (Å²) in [4.78, 5) is 8.50. The summed E-state index contributed by atoms with van der Waals surface area (Å²) in [5.74, 6) is 1.09. The second-order valence-corrected chi connectivity index (χ2v) is 4.46. The summed E-state index contributed by atoms with van der Waals surface area (Å²) < 4.78 is 23.9. The minimum absolute atomic E-state index is 0.321. The molecule has 1 aromatic carbocycles. The molecule has 0 aliphatic heterocycles. The molecule has 0 saturated carbocycles. The molecule has 0 aliphatic carbocycles. The van der Waals surface area contributed by atoms with Gasteiger partial charge in [-0.05, 0) is 25.1 Å². The van der Waals surface area contributed by atoms with Crippen molar-refractivity contribution in [3.8, 4) is 11.5 Å². The van der Waals surface area contributed by atoms with Gasteiger partial charge in [0, 0.05) is 18.0 Å². The van der Waals surface area contributed by atoms with E-state index >= 15 is 0 Å². The summed E-state index contributed by atoms with van der Waals surface area (Å²) >= 11 is 0. The van der Waals surface area contributed by atoms with Crippen LogP contribution in [0.4, 0.5) is 4.39 Å². The third-order valence-electron chi connectivity index (χ3n) is 2.94. The molecule has 21 heavy (non-hydrogen) atoms. The van der Waals surface area contributed by atoms with E-state index in [1.165, 1.54) is 12.1 Å². The van der Waals surface area contributed by atoms with Crippen molar-refractivity contribution < 1.29 is 13.9 Å². The Morgan fingerprint density at radius 2 is 1.86 bits per heavy atom. The van der Waals surface area contributed by atoms with E-state index in [4.69, 9.17) is 9.47 Å². The molecule has 5 heteroatoms. The van der Waals surface area contributed by atoms with Crippen molar-refractivity contribution >= 4 is 6.21 Å². The number of aryl methyl sites for hydroxylation is 1. The highest BCUT2D eigenvalue weighted by Crippen LogP contribution is 2.28. The highest BCUT2D eigenvalue weighted by Gasteiger charge is 2.08. The third-order valence-corrected chi connectivity index (χ3v) is 2.94. The maximum Gasteiger partial charge on any atom is 0.127 e. The minimum atomic E-state index is -0.321. The zero-order valence-corrected chi connectivity index (χ0v) is 12.3. The van der Waals surface area contributed by atoms with Gasteiger partial charge in [-0.3, -0.25) is 9.98 Å². The predicted molar refractivity (Wildman–Crippen MR) is 79.8 cm³/mol. The number of benzene rings is 1.